The van der Waals surface area contributed by atoms with Gasteiger partial charge < -0.3 is 10.2 Å². The SMILES string of the molecule is CCC(C)N1C(=O)C(N=Nc2c(C#N)cnn2-c2ccccn2)=C(O)N(C(C)CC)S1(=O)=O.[C-]#[N+]c1cnn(-c2ccccn2)c1N=NC1=C(O)N(C(C)CC)S(=O)(=O)N(C(C)CC)C1=O.[Fe]. The molecule has 2 aliphatic rings. The molecular formula is C40H48FeN16O8S2. The minimum Gasteiger partial charge on any atom is -0.492 e. The number of hydrogen-bond donors (Lipinski definition) is 2. The third-order valence-corrected chi connectivity index (χ3v) is 14.6. The van der Waals surface area contributed by atoms with Crippen molar-refractivity contribution < 1.29 is 53.7 Å². The van der Waals surface area contributed by atoms with Crippen molar-refractivity contribution in [2.24, 2.45) is 20.5 Å². The van der Waals surface area contributed by atoms with E-state index in [-0.39, 0.29) is 40.0 Å². The van der Waals surface area contributed by atoms with Crippen LogP contribution in [0.2, 0.25) is 0 Å². The van der Waals surface area contributed by atoms with Crippen LogP contribution < -0.4 is 0 Å². The molecule has 0 radical (unpaired) electrons. The van der Waals surface area contributed by atoms with Crippen molar-refractivity contribution >= 4 is 49.6 Å². The van der Waals surface area contributed by atoms with Gasteiger partial charge in [-0.15, -0.1) is 20.5 Å². The van der Waals surface area contributed by atoms with Crippen LogP contribution in [0.4, 0.5) is 17.3 Å². The van der Waals surface area contributed by atoms with Gasteiger partial charge in [0.1, 0.15) is 11.6 Å². The first-order valence-electron chi connectivity index (χ1n) is 20.6. The zero-order valence-electron chi connectivity index (χ0n) is 37.6. The molecule has 6 heterocycles. The largest absolute Gasteiger partial charge is 0.492 e. The summed E-state index contributed by atoms with van der Waals surface area (Å²) in [4.78, 5) is 37.9. The van der Waals surface area contributed by atoms with Crippen molar-refractivity contribution in [2.45, 2.75) is 105 Å². The van der Waals surface area contributed by atoms with Crippen molar-refractivity contribution in [1.29, 1.82) is 5.26 Å². The van der Waals surface area contributed by atoms with Crippen LogP contribution in [0.3, 0.4) is 0 Å². The van der Waals surface area contributed by atoms with Gasteiger partial charge in [-0.2, -0.15) is 37.0 Å². The van der Waals surface area contributed by atoms with Gasteiger partial charge in [0.05, 0.1) is 19.0 Å². The van der Waals surface area contributed by atoms with Crippen LogP contribution in [-0.2, 0) is 47.1 Å². The zero-order valence-corrected chi connectivity index (χ0v) is 40.3. The summed E-state index contributed by atoms with van der Waals surface area (Å²) in [5.74, 6) is -2.97. The number of azo groups is 2. The van der Waals surface area contributed by atoms with E-state index in [4.69, 9.17) is 6.57 Å². The Morgan fingerprint density at radius 2 is 1.04 bits per heavy atom. The minimum absolute atomic E-state index is 0. The van der Waals surface area contributed by atoms with E-state index in [1.165, 1.54) is 34.2 Å². The van der Waals surface area contributed by atoms with Gasteiger partial charge in [-0.3, -0.25) is 9.59 Å². The molecule has 2 amide bonds. The molecule has 67 heavy (non-hydrogen) atoms. The number of carbonyl (C=O) groups is 2. The second kappa shape index (κ2) is 22.0. The first-order valence-corrected chi connectivity index (χ1v) is 23.4. The van der Waals surface area contributed by atoms with Gasteiger partial charge in [0.2, 0.25) is 23.2 Å². The van der Waals surface area contributed by atoms with Crippen LogP contribution in [0.25, 0.3) is 16.5 Å². The summed E-state index contributed by atoms with van der Waals surface area (Å²) in [5.41, 5.74) is -1.01. The maximum Gasteiger partial charge on any atom is 0.331 e. The fourth-order valence-electron chi connectivity index (χ4n) is 6.30. The summed E-state index contributed by atoms with van der Waals surface area (Å²) in [5, 5.41) is 55.0. The fraction of sp³-hybridized carbons (Fsp3) is 0.400. The standard InChI is InChI=1S/2C20H24N8O4S.Fe/c1-6-13(3)27-19(29)17(20(30)28(14(4)7-2)33(27,31)32)24-25-18-15(21-5)12-23-26(18)16-10-8-9-11-22-16;1-5-13(3)27-19(29)17(20(30)28(14(4)6-2)33(27,31)32)24-25-18-15(11-21)12-23-26(18)16-9-7-8-10-22-16;/h8-14,29H,6-7H2,1-4H3;7-10,12-14,29H,5-6H2,1-4H3;. The number of aromatic nitrogens is 6. The van der Waals surface area contributed by atoms with E-state index in [9.17, 15) is 41.9 Å². The Balaban J connectivity index is 0.000000288. The van der Waals surface area contributed by atoms with E-state index in [1.54, 1.807) is 91.8 Å². The molecule has 4 aromatic rings. The van der Waals surface area contributed by atoms with Gasteiger partial charge in [0, 0.05) is 53.6 Å². The number of pyridine rings is 2. The summed E-state index contributed by atoms with van der Waals surface area (Å²) in [6.07, 6.45) is 7.07. The van der Waals surface area contributed by atoms with E-state index in [0.29, 0.717) is 45.9 Å². The molecule has 0 spiro atoms. The molecule has 2 aliphatic heterocycles. The van der Waals surface area contributed by atoms with Crippen LogP contribution in [0.1, 0.15) is 86.6 Å². The number of nitrogens with zero attached hydrogens (tertiary/aromatic N) is 16. The summed E-state index contributed by atoms with van der Waals surface area (Å²) in [6, 6.07) is 9.43. The van der Waals surface area contributed by atoms with Crippen molar-refractivity contribution in [3.8, 4) is 17.7 Å². The number of aliphatic hydroxyl groups excluding tert-OH is 2. The molecule has 4 aromatic heterocycles. The first-order chi connectivity index (χ1) is 31.4. The predicted molar refractivity (Wildman–Crippen MR) is 236 cm³/mol. The molecule has 0 saturated heterocycles. The van der Waals surface area contributed by atoms with E-state index in [0.717, 1.165) is 8.61 Å². The summed E-state index contributed by atoms with van der Waals surface area (Å²) < 4.78 is 58.1. The summed E-state index contributed by atoms with van der Waals surface area (Å²) in [7, 11) is -8.65. The maximum absolute atomic E-state index is 13.2. The average molecular weight is 1000 g/mol. The maximum atomic E-state index is 13.2. The van der Waals surface area contributed by atoms with Crippen molar-refractivity contribution in [1.82, 2.24) is 46.7 Å². The molecule has 24 nitrogen and oxygen atoms in total. The number of rotatable bonds is 14. The Hall–Kier alpha value is -7.06. The molecule has 4 unspecified atom stereocenters. The predicted octanol–water partition coefficient (Wildman–Crippen LogP) is 6.55. The molecule has 0 saturated carbocycles. The van der Waals surface area contributed by atoms with Gasteiger partial charge in [0.25, 0.3) is 17.5 Å². The third-order valence-electron chi connectivity index (χ3n) is 10.5. The number of carbonyl (C=O) groups excluding carboxylic acids is 2. The molecular weight excluding hydrogens is 953 g/mol. The molecule has 27 heteroatoms. The molecule has 6 rings (SSSR count). The Morgan fingerprint density at radius 3 is 1.42 bits per heavy atom. The van der Waals surface area contributed by atoms with Gasteiger partial charge in [-0.05, 0) is 77.6 Å². The number of nitriles is 1. The second-order valence-corrected chi connectivity index (χ2v) is 18.1. The van der Waals surface area contributed by atoms with E-state index >= 15 is 0 Å². The number of amides is 2. The second-order valence-electron chi connectivity index (χ2n) is 14.7. The van der Waals surface area contributed by atoms with Gasteiger partial charge in [-0.1, -0.05) is 39.8 Å². The molecule has 0 aliphatic carbocycles. The Labute approximate surface area is 398 Å². The fourth-order valence-corrected chi connectivity index (χ4v) is 10.3. The number of aliphatic hydroxyl groups is 2. The molecule has 0 fully saturated rings. The van der Waals surface area contributed by atoms with Crippen LogP contribution in [0.5, 0.6) is 0 Å². The molecule has 0 aromatic carbocycles. The third kappa shape index (κ3) is 10.2. The Bertz CT molecular complexity index is 2700. The number of hydrogen-bond acceptors (Lipinski definition) is 17. The molecule has 4 atom stereocenters. The molecule has 0 bridgehead atoms. The minimum atomic E-state index is -4.33. The first kappa shape index (κ1) is 52.6. The molecule has 2 N–H and O–H groups in total. The topological polar surface area (TPSA) is 295 Å². The smallest absolute Gasteiger partial charge is 0.331 e. The van der Waals surface area contributed by atoms with E-state index in [1.807, 2.05) is 6.07 Å². The van der Waals surface area contributed by atoms with Crippen LogP contribution >= 0.6 is 0 Å². The van der Waals surface area contributed by atoms with Crippen molar-refractivity contribution in [3.63, 3.8) is 0 Å². The van der Waals surface area contributed by atoms with Gasteiger partial charge >= 0.3 is 20.4 Å². The van der Waals surface area contributed by atoms with Gasteiger partial charge in [0.15, 0.2) is 23.3 Å². The van der Waals surface area contributed by atoms with Crippen LogP contribution in [0, 0.1) is 17.9 Å². The quantitative estimate of drug-likeness (QED) is 0.0771. The van der Waals surface area contributed by atoms with E-state index < -0.39 is 79.6 Å². The average Bonchev–Trinajstić information content (AvgIpc) is 3.92. The van der Waals surface area contributed by atoms with Gasteiger partial charge in [-0.25, -0.2) is 36.7 Å². The van der Waals surface area contributed by atoms with Crippen LogP contribution in [0.15, 0.2) is 105 Å². The molecule has 356 valence electrons. The summed E-state index contributed by atoms with van der Waals surface area (Å²) >= 11 is 0. The normalized spacial score (nSPS) is 17.7. The Kier molecular flexibility index (Phi) is 17.2. The van der Waals surface area contributed by atoms with E-state index in [2.05, 4.69) is 45.5 Å². The Morgan fingerprint density at radius 1 is 0.657 bits per heavy atom. The summed E-state index contributed by atoms with van der Waals surface area (Å²) in [6.45, 7) is 20.8. The van der Waals surface area contributed by atoms with Crippen molar-refractivity contribution in [3.05, 3.63) is 101 Å². The monoisotopic (exact) mass is 1000 g/mol. The zero-order chi connectivity index (χ0) is 48.7. The van der Waals surface area contributed by atoms with Crippen molar-refractivity contribution in [2.75, 3.05) is 0 Å². The van der Waals surface area contributed by atoms with Crippen LogP contribution in [-0.4, -0.2) is 110 Å².